The van der Waals surface area contributed by atoms with E-state index >= 15 is 0 Å². The molecule has 1 aromatic heterocycles. The van der Waals surface area contributed by atoms with Crippen molar-refractivity contribution in [1.82, 2.24) is 5.16 Å². The van der Waals surface area contributed by atoms with Crippen molar-refractivity contribution in [2.24, 2.45) is 5.92 Å². The van der Waals surface area contributed by atoms with Crippen molar-refractivity contribution in [3.63, 3.8) is 0 Å². The molecule has 72 valence electrons. The molecule has 0 atom stereocenters. The molecule has 0 aliphatic carbocycles. The highest BCUT2D eigenvalue weighted by Gasteiger charge is 2.20. The van der Waals surface area contributed by atoms with Crippen LogP contribution in [-0.4, -0.2) is 10.9 Å². The Hall–Kier alpha value is -1.12. The maximum Gasteiger partial charge on any atom is 0.170 e. The third-order valence-electron chi connectivity index (χ3n) is 1.91. The van der Waals surface area contributed by atoms with Gasteiger partial charge in [0.2, 0.25) is 0 Å². The summed E-state index contributed by atoms with van der Waals surface area (Å²) in [5.41, 5.74) is 0.630. The zero-order valence-electron chi connectivity index (χ0n) is 8.50. The highest BCUT2D eigenvalue weighted by Crippen LogP contribution is 2.21. The first-order valence-corrected chi connectivity index (χ1v) is 4.52. The first-order chi connectivity index (χ1) is 6.04. The summed E-state index contributed by atoms with van der Waals surface area (Å²) in [5.74, 6) is 1.00. The fraction of sp³-hybridized carbons (Fsp3) is 0.600. The second-order valence-corrected chi connectivity index (χ2v) is 3.78. The Balaban J connectivity index is 3.01. The van der Waals surface area contributed by atoms with Gasteiger partial charge in [-0.1, -0.05) is 32.9 Å². The lowest BCUT2D eigenvalue weighted by molar-refractivity contribution is 0.0937. The minimum absolute atomic E-state index is 0.00287. The molecule has 0 fully saturated rings. The van der Waals surface area contributed by atoms with Crippen molar-refractivity contribution in [2.75, 3.05) is 0 Å². The number of hydrogen-bond donors (Lipinski definition) is 0. The Bertz CT molecular complexity index is 300. The van der Waals surface area contributed by atoms with Crippen LogP contribution in [0.3, 0.4) is 0 Å². The predicted octanol–water partition coefficient (Wildman–Crippen LogP) is 2.64. The smallest absolute Gasteiger partial charge is 0.170 e. The third-order valence-corrected chi connectivity index (χ3v) is 1.91. The lowest BCUT2D eigenvalue weighted by Crippen LogP contribution is -2.09. The maximum absolute atomic E-state index is 11.6. The van der Waals surface area contributed by atoms with Gasteiger partial charge in [0.25, 0.3) is 0 Å². The number of carbonyl (C=O) groups excluding carboxylic acids is 1. The van der Waals surface area contributed by atoms with E-state index in [1.165, 1.54) is 6.20 Å². The van der Waals surface area contributed by atoms with E-state index in [1.54, 1.807) is 0 Å². The quantitative estimate of drug-likeness (QED) is 0.673. The Kier molecular flexibility index (Phi) is 2.86. The van der Waals surface area contributed by atoms with Gasteiger partial charge in [-0.15, -0.1) is 0 Å². The Labute approximate surface area is 78.1 Å². The number of hydrogen-bond acceptors (Lipinski definition) is 3. The molecule has 13 heavy (non-hydrogen) atoms. The molecule has 0 amide bonds. The summed E-state index contributed by atoms with van der Waals surface area (Å²) in [5, 5.41) is 3.65. The molecule has 0 bridgehead atoms. The lowest BCUT2D eigenvalue weighted by Gasteiger charge is -2.04. The van der Waals surface area contributed by atoms with Crippen LogP contribution in [0.4, 0.5) is 0 Å². The van der Waals surface area contributed by atoms with E-state index in [0.717, 1.165) is 0 Å². The second kappa shape index (κ2) is 3.73. The molecule has 3 nitrogen and oxygen atoms in total. The van der Waals surface area contributed by atoms with Crippen molar-refractivity contribution in [3.8, 4) is 0 Å². The van der Waals surface area contributed by atoms with Gasteiger partial charge in [0.15, 0.2) is 5.78 Å². The van der Waals surface area contributed by atoms with E-state index in [1.807, 2.05) is 27.7 Å². The number of ketones is 1. The van der Waals surface area contributed by atoms with E-state index in [9.17, 15) is 4.79 Å². The third kappa shape index (κ3) is 1.97. The highest BCUT2D eigenvalue weighted by atomic mass is 16.5. The Morgan fingerprint density at radius 3 is 2.46 bits per heavy atom. The molecule has 1 heterocycles. The molecule has 0 saturated heterocycles. The van der Waals surface area contributed by atoms with Crippen molar-refractivity contribution >= 4 is 5.78 Å². The van der Waals surface area contributed by atoms with Gasteiger partial charge in [-0.2, -0.15) is 0 Å². The Morgan fingerprint density at radius 2 is 2.00 bits per heavy atom. The van der Waals surface area contributed by atoms with Gasteiger partial charge in [-0.25, -0.2) is 0 Å². The van der Waals surface area contributed by atoms with E-state index < -0.39 is 0 Å². The number of nitrogens with zero attached hydrogens (tertiary/aromatic N) is 1. The Morgan fingerprint density at radius 1 is 1.38 bits per heavy atom. The van der Waals surface area contributed by atoms with Crippen molar-refractivity contribution in [3.05, 3.63) is 17.5 Å². The molecule has 0 aliphatic heterocycles. The van der Waals surface area contributed by atoms with Gasteiger partial charge in [0.1, 0.15) is 5.76 Å². The summed E-state index contributed by atoms with van der Waals surface area (Å²) in [6.45, 7) is 7.72. The highest BCUT2D eigenvalue weighted by molar-refractivity contribution is 5.98. The minimum Gasteiger partial charge on any atom is -0.360 e. The van der Waals surface area contributed by atoms with E-state index in [-0.39, 0.29) is 17.6 Å². The standard InChI is InChI=1S/C10H15NO2/c1-6(2)9(12)8-5-11-13-10(8)7(3)4/h5-7H,1-4H3. The second-order valence-electron chi connectivity index (χ2n) is 3.78. The molecule has 0 unspecified atom stereocenters. The van der Waals surface area contributed by atoms with Crippen LogP contribution < -0.4 is 0 Å². The lowest BCUT2D eigenvalue weighted by atomic mass is 9.98. The minimum atomic E-state index is -0.00287. The van der Waals surface area contributed by atoms with Gasteiger partial charge >= 0.3 is 0 Å². The largest absolute Gasteiger partial charge is 0.360 e. The van der Waals surface area contributed by atoms with E-state index in [0.29, 0.717) is 11.3 Å². The number of rotatable bonds is 3. The first-order valence-electron chi connectivity index (χ1n) is 4.52. The van der Waals surface area contributed by atoms with Gasteiger partial charge in [-0.3, -0.25) is 4.79 Å². The average Bonchev–Trinajstić information content (AvgIpc) is 2.50. The molecule has 0 radical (unpaired) electrons. The van der Waals surface area contributed by atoms with Crippen molar-refractivity contribution < 1.29 is 9.32 Å². The van der Waals surface area contributed by atoms with Crippen LogP contribution in [0.2, 0.25) is 0 Å². The number of aromatic nitrogens is 1. The summed E-state index contributed by atoms with van der Waals surface area (Å²) >= 11 is 0. The fourth-order valence-electron chi connectivity index (χ4n) is 1.16. The zero-order valence-corrected chi connectivity index (χ0v) is 8.50. The average molecular weight is 181 g/mol. The van der Waals surface area contributed by atoms with Crippen LogP contribution in [0.1, 0.15) is 49.7 Å². The summed E-state index contributed by atoms with van der Waals surface area (Å²) in [4.78, 5) is 11.6. The molecule has 1 rings (SSSR count). The number of carbonyl (C=O) groups is 1. The maximum atomic E-state index is 11.6. The molecular formula is C10H15NO2. The molecule has 3 heteroatoms. The number of Topliss-reactive ketones (excluding diaryl/α,β-unsaturated/α-hetero) is 1. The molecule has 0 N–H and O–H groups in total. The fourth-order valence-corrected chi connectivity index (χ4v) is 1.16. The molecular weight excluding hydrogens is 166 g/mol. The molecule has 1 aromatic rings. The summed E-state index contributed by atoms with van der Waals surface area (Å²) < 4.78 is 5.03. The van der Waals surface area contributed by atoms with Crippen LogP contribution in [-0.2, 0) is 0 Å². The van der Waals surface area contributed by atoms with Gasteiger partial charge in [0, 0.05) is 11.8 Å². The van der Waals surface area contributed by atoms with Crippen molar-refractivity contribution in [2.45, 2.75) is 33.6 Å². The van der Waals surface area contributed by atoms with Crippen LogP contribution >= 0.6 is 0 Å². The molecule has 0 spiro atoms. The van der Waals surface area contributed by atoms with Crippen LogP contribution in [0.15, 0.2) is 10.7 Å². The molecule has 0 aliphatic rings. The normalized spacial score (nSPS) is 11.2. The zero-order chi connectivity index (χ0) is 10.0. The molecule has 0 saturated carbocycles. The van der Waals surface area contributed by atoms with E-state index in [2.05, 4.69) is 5.16 Å². The summed E-state index contributed by atoms with van der Waals surface area (Å²) in [6, 6.07) is 0. The summed E-state index contributed by atoms with van der Waals surface area (Å²) in [6.07, 6.45) is 1.51. The van der Waals surface area contributed by atoms with Gasteiger partial charge in [0.05, 0.1) is 11.8 Å². The van der Waals surface area contributed by atoms with Crippen LogP contribution in [0.25, 0.3) is 0 Å². The SMILES string of the molecule is CC(C)C(=O)c1cnoc1C(C)C. The van der Waals surface area contributed by atoms with Crippen molar-refractivity contribution in [1.29, 1.82) is 0 Å². The van der Waals surface area contributed by atoms with E-state index in [4.69, 9.17) is 4.52 Å². The summed E-state index contributed by atoms with van der Waals surface area (Å²) in [7, 11) is 0. The first kappa shape index (κ1) is 9.96. The monoisotopic (exact) mass is 181 g/mol. The topological polar surface area (TPSA) is 43.1 Å². The predicted molar refractivity (Wildman–Crippen MR) is 49.8 cm³/mol. The van der Waals surface area contributed by atoms with Crippen LogP contribution in [0, 0.1) is 5.92 Å². The van der Waals surface area contributed by atoms with Crippen LogP contribution in [0.5, 0.6) is 0 Å². The molecule has 0 aromatic carbocycles. The van der Waals surface area contributed by atoms with Gasteiger partial charge < -0.3 is 4.52 Å². The van der Waals surface area contributed by atoms with Gasteiger partial charge in [-0.05, 0) is 0 Å².